The van der Waals surface area contributed by atoms with Gasteiger partial charge in [0.05, 0.1) is 11.6 Å². The summed E-state index contributed by atoms with van der Waals surface area (Å²) < 4.78 is 24.7. The van der Waals surface area contributed by atoms with E-state index in [-0.39, 0.29) is 22.8 Å². The van der Waals surface area contributed by atoms with Crippen LogP contribution in [0, 0.1) is 0 Å². The van der Waals surface area contributed by atoms with E-state index >= 15 is 0 Å². The highest BCUT2D eigenvalue weighted by molar-refractivity contribution is 6.67. The lowest BCUT2D eigenvalue weighted by Crippen LogP contribution is -2.02. The van der Waals surface area contributed by atoms with Crippen LogP contribution in [-0.2, 0) is 5.88 Å². The molecule has 0 saturated carbocycles. The molecule has 1 rings (SSSR count). The van der Waals surface area contributed by atoms with Crippen molar-refractivity contribution in [2.75, 3.05) is 0 Å². The van der Waals surface area contributed by atoms with Crippen LogP contribution in [0.2, 0.25) is 0 Å². The first-order valence-corrected chi connectivity index (χ1v) is 4.51. The number of hydrogen-bond acceptors (Lipinski definition) is 2. The van der Waals surface area contributed by atoms with Gasteiger partial charge in [0.15, 0.2) is 0 Å². The Morgan fingerprint density at radius 3 is 2.57 bits per heavy atom. The molecule has 1 heterocycles. The topological polar surface area (TPSA) is 30.0 Å². The lowest BCUT2D eigenvalue weighted by atomic mass is 10.2. The number of pyridine rings is 1. The zero-order valence-corrected chi connectivity index (χ0v) is 8.32. The summed E-state index contributed by atoms with van der Waals surface area (Å²) in [4.78, 5) is 14.3. The van der Waals surface area contributed by atoms with Crippen LogP contribution in [0.25, 0.3) is 0 Å². The average Bonchev–Trinajstić information content (AvgIpc) is 2.16. The van der Waals surface area contributed by atoms with Gasteiger partial charge in [0.2, 0.25) is 0 Å². The smallest absolute Gasteiger partial charge is 0.270 e. The number of alkyl halides is 3. The molecule has 1 aromatic rings. The van der Waals surface area contributed by atoms with Gasteiger partial charge < -0.3 is 0 Å². The predicted octanol–water partition coefficient (Wildman–Crippen LogP) is 3.14. The third-order valence-electron chi connectivity index (χ3n) is 1.57. The number of carbonyl (C=O) groups is 1. The minimum absolute atomic E-state index is 0.0202. The van der Waals surface area contributed by atoms with Gasteiger partial charge in [-0.3, -0.25) is 4.79 Å². The Bertz CT molecular complexity index is 357. The van der Waals surface area contributed by atoms with Gasteiger partial charge in [-0.05, 0) is 23.7 Å². The standard InChI is InChI=1S/C8H5Cl2F2NO/c9-3-6-4(8(11)12)1-2-5(13-6)7(10)14/h1-2,8H,3H2. The molecule has 0 unspecified atom stereocenters. The van der Waals surface area contributed by atoms with Gasteiger partial charge in [0.25, 0.3) is 11.7 Å². The lowest BCUT2D eigenvalue weighted by molar-refractivity contribution is 0.107. The summed E-state index contributed by atoms with van der Waals surface area (Å²) in [5, 5.41) is -0.794. The van der Waals surface area contributed by atoms with Crippen LogP contribution in [0.4, 0.5) is 8.78 Å². The molecule has 0 aliphatic carbocycles. The molecule has 0 aliphatic heterocycles. The van der Waals surface area contributed by atoms with Crippen LogP contribution in [0.3, 0.4) is 0 Å². The molecule has 14 heavy (non-hydrogen) atoms. The van der Waals surface area contributed by atoms with Crippen molar-refractivity contribution in [1.29, 1.82) is 0 Å². The second-order valence-corrected chi connectivity index (χ2v) is 3.05. The normalized spacial score (nSPS) is 10.6. The Morgan fingerprint density at radius 2 is 2.14 bits per heavy atom. The fourth-order valence-electron chi connectivity index (χ4n) is 0.927. The molecule has 2 nitrogen and oxygen atoms in total. The van der Waals surface area contributed by atoms with E-state index in [2.05, 4.69) is 4.98 Å². The Labute approximate surface area is 88.8 Å². The summed E-state index contributed by atoms with van der Waals surface area (Å²) in [5.74, 6) is -0.183. The molecule has 0 saturated heterocycles. The number of aromatic nitrogens is 1. The Morgan fingerprint density at radius 1 is 1.50 bits per heavy atom. The van der Waals surface area contributed by atoms with Gasteiger partial charge in [0.1, 0.15) is 5.69 Å². The Hall–Kier alpha value is -0.740. The minimum Gasteiger partial charge on any atom is -0.274 e. The van der Waals surface area contributed by atoms with Crippen molar-refractivity contribution < 1.29 is 13.6 Å². The van der Waals surface area contributed by atoms with E-state index in [1.54, 1.807) is 0 Å². The Balaban J connectivity index is 3.18. The van der Waals surface area contributed by atoms with Crippen LogP contribution in [-0.4, -0.2) is 10.2 Å². The van der Waals surface area contributed by atoms with E-state index in [4.69, 9.17) is 23.2 Å². The highest BCUT2D eigenvalue weighted by Crippen LogP contribution is 2.23. The van der Waals surface area contributed by atoms with Gasteiger partial charge in [-0.2, -0.15) is 0 Å². The second-order valence-electron chi connectivity index (χ2n) is 2.44. The molecular formula is C8H5Cl2F2NO. The van der Waals surface area contributed by atoms with E-state index in [9.17, 15) is 13.6 Å². The van der Waals surface area contributed by atoms with Crippen LogP contribution in [0.5, 0.6) is 0 Å². The van der Waals surface area contributed by atoms with Crippen molar-refractivity contribution in [3.05, 3.63) is 29.1 Å². The first-order chi connectivity index (χ1) is 6.56. The molecule has 1 aromatic heterocycles. The molecular weight excluding hydrogens is 235 g/mol. The van der Waals surface area contributed by atoms with Crippen molar-refractivity contribution in [1.82, 2.24) is 4.98 Å². The highest BCUT2D eigenvalue weighted by Gasteiger charge is 2.15. The number of rotatable bonds is 3. The van der Waals surface area contributed by atoms with Crippen LogP contribution in [0.15, 0.2) is 12.1 Å². The van der Waals surface area contributed by atoms with E-state index in [1.807, 2.05) is 0 Å². The van der Waals surface area contributed by atoms with E-state index in [0.717, 1.165) is 12.1 Å². The fourth-order valence-corrected chi connectivity index (χ4v) is 1.25. The molecule has 0 bridgehead atoms. The highest BCUT2D eigenvalue weighted by atomic mass is 35.5. The maximum Gasteiger partial charge on any atom is 0.270 e. The molecule has 0 atom stereocenters. The largest absolute Gasteiger partial charge is 0.274 e. The van der Waals surface area contributed by atoms with E-state index < -0.39 is 11.7 Å². The van der Waals surface area contributed by atoms with Crippen LogP contribution < -0.4 is 0 Å². The quantitative estimate of drug-likeness (QED) is 0.600. The molecule has 0 spiro atoms. The summed E-state index contributed by atoms with van der Waals surface area (Å²) in [6, 6.07) is 2.25. The summed E-state index contributed by atoms with van der Waals surface area (Å²) >= 11 is 10.5. The first-order valence-electron chi connectivity index (χ1n) is 3.60. The van der Waals surface area contributed by atoms with Crippen LogP contribution in [0.1, 0.15) is 28.2 Å². The molecule has 0 radical (unpaired) electrons. The van der Waals surface area contributed by atoms with E-state index in [1.165, 1.54) is 0 Å². The minimum atomic E-state index is -2.66. The lowest BCUT2D eigenvalue weighted by Gasteiger charge is -2.05. The average molecular weight is 240 g/mol. The predicted molar refractivity (Wildman–Crippen MR) is 48.9 cm³/mol. The zero-order chi connectivity index (χ0) is 10.7. The summed E-state index contributed by atoms with van der Waals surface area (Å²) in [5.41, 5.74) is -0.374. The zero-order valence-electron chi connectivity index (χ0n) is 6.81. The van der Waals surface area contributed by atoms with Crippen molar-refractivity contribution in [3.8, 4) is 0 Å². The molecule has 0 aliphatic rings. The van der Waals surface area contributed by atoms with Crippen molar-refractivity contribution in [2.24, 2.45) is 0 Å². The monoisotopic (exact) mass is 239 g/mol. The number of nitrogens with zero attached hydrogens (tertiary/aromatic N) is 1. The molecule has 0 N–H and O–H groups in total. The second kappa shape index (κ2) is 4.66. The van der Waals surface area contributed by atoms with Crippen molar-refractivity contribution in [2.45, 2.75) is 12.3 Å². The third kappa shape index (κ3) is 2.39. The van der Waals surface area contributed by atoms with Crippen molar-refractivity contribution >= 4 is 28.4 Å². The molecule has 6 heteroatoms. The Kier molecular flexibility index (Phi) is 3.77. The van der Waals surface area contributed by atoms with E-state index in [0.29, 0.717) is 0 Å². The first kappa shape index (κ1) is 11.3. The summed E-state index contributed by atoms with van der Waals surface area (Å²) in [6.45, 7) is 0. The van der Waals surface area contributed by atoms with Gasteiger partial charge in [0, 0.05) is 5.56 Å². The molecule has 0 fully saturated rings. The molecule has 0 aromatic carbocycles. The maximum absolute atomic E-state index is 12.3. The maximum atomic E-state index is 12.3. The number of hydrogen-bond donors (Lipinski definition) is 0. The summed E-state index contributed by atoms with van der Waals surface area (Å²) in [7, 11) is 0. The number of carbonyl (C=O) groups excluding carboxylic acids is 1. The van der Waals surface area contributed by atoms with Gasteiger partial charge in [-0.25, -0.2) is 13.8 Å². The van der Waals surface area contributed by atoms with Gasteiger partial charge >= 0.3 is 0 Å². The van der Waals surface area contributed by atoms with Crippen molar-refractivity contribution in [3.63, 3.8) is 0 Å². The van der Waals surface area contributed by atoms with Gasteiger partial charge in [-0.15, -0.1) is 11.6 Å². The fraction of sp³-hybridized carbons (Fsp3) is 0.250. The van der Waals surface area contributed by atoms with Gasteiger partial charge in [-0.1, -0.05) is 0 Å². The summed E-state index contributed by atoms with van der Waals surface area (Å²) in [6.07, 6.45) is -2.66. The molecule has 0 amide bonds. The molecule has 76 valence electrons. The third-order valence-corrected chi connectivity index (χ3v) is 2.02. The SMILES string of the molecule is O=C(Cl)c1ccc(C(F)F)c(CCl)n1. The number of halogens is 4. The van der Waals surface area contributed by atoms with Crippen LogP contribution >= 0.6 is 23.2 Å².